The molecule has 0 aliphatic rings. The van der Waals surface area contributed by atoms with E-state index in [1.807, 2.05) is 0 Å². The van der Waals surface area contributed by atoms with Crippen LogP contribution in [0.4, 0.5) is 22.0 Å². The van der Waals surface area contributed by atoms with Crippen LogP contribution in [-0.4, -0.2) is 27.3 Å². The van der Waals surface area contributed by atoms with Crippen molar-refractivity contribution < 1.29 is 30.4 Å². The van der Waals surface area contributed by atoms with Crippen molar-refractivity contribution in [1.82, 2.24) is 4.72 Å². The van der Waals surface area contributed by atoms with Crippen molar-refractivity contribution in [1.29, 1.82) is 0 Å². The third-order valence-electron chi connectivity index (χ3n) is 2.51. The van der Waals surface area contributed by atoms with Crippen LogP contribution in [0.2, 0.25) is 0 Å². The summed E-state index contributed by atoms with van der Waals surface area (Å²) < 4.78 is 87.5. The second-order valence-electron chi connectivity index (χ2n) is 4.25. The van der Waals surface area contributed by atoms with E-state index >= 15 is 0 Å². The van der Waals surface area contributed by atoms with Gasteiger partial charge in [-0.2, -0.15) is 8.78 Å². The molecule has 0 saturated carbocycles. The highest BCUT2D eigenvalue weighted by atomic mass is 32.2. The number of benzene rings is 1. The minimum absolute atomic E-state index is 0.00429. The molecule has 0 fully saturated rings. The molecule has 1 aromatic rings. The van der Waals surface area contributed by atoms with E-state index in [1.165, 1.54) is 18.6 Å². The lowest BCUT2D eigenvalue weighted by Crippen LogP contribution is -2.41. The van der Waals surface area contributed by atoms with E-state index in [9.17, 15) is 30.4 Å². The Morgan fingerprint density at radius 3 is 2.05 bits per heavy atom. The van der Waals surface area contributed by atoms with Crippen LogP contribution in [0.5, 0.6) is 0 Å². The van der Waals surface area contributed by atoms with E-state index in [0.29, 0.717) is 0 Å². The zero-order valence-electron chi connectivity index (χ0n) is 10.6. The van der Waals surface area contributed by atoms with Gasteiger partial charge in [0.25, 0.3) is 0 Å². The maximum absolute atomic E-state index is 13.0. The molecule has 0 heterocycles. The molecule has 0 spiro atoms. The maximum atomic E-state index is 13.0. The Kier molecular flexibility index (Phi) is 4.75. The average molecular weight is 317 g/mol. The summed E-state index contributed by atoms with van der Waals surface area (Å²) in [6, 6.07) is 1.82. The topological polar surface area (TPSA) is 46.2 Å². The fourth-order valence-corrected chi connectivity index (χ4v) is 3.15. The van der Waals surface area contributed by atoms with Crippen LogP contribution in [0, 0.1) is 19.7 Å². The molecule has 1 aromatic carbocycles. The van der Waals surface area contributed by atoms with E-state index in [4.69, 9.17) is 0 Å². The number of sulfonamides is 1. The molecule has 3 nitrogen and oxygen atoms in total. The molecule has 0 saturated heterocycles. The van der Waals surface area contributed by atoms with Crippen LogP contribution in [0.25, 0.3) is 0 Å². The van der Waals surface area contributed by atoms with Gasteiger partial charge in [0.05, 0.1) is 11.4 Å². The number of hydrogen-bond acceptors (Lipinski definition) is 2. The number of aryl methyl sites for hydroxylation is 2. The minimum atomic E-state index is -4.48. The highest BCUT2D eigenvalue weighted by Crippen LogP contribution is 2.24. The van der Waals surface area contributed by atoms with Crippen LogP contribution in [-0.2, 0) is 10.0 Å². The first-order valence-corrected chi connectivity index (χ1v) is 6.88. The lowest BCUT2D eigenvalue weighted by atomic mass is 10.1. The standard InChI is InChI=1S/C11H12F5NO2S/c1-6-3-8(12)4-7(2)9(6)20(18,19)17-5-11(15,16)10(13)14/h3-4,10,17H,5H2,1-2H3. The predicted molar refractivity (Wildman–Crippen MR) is 62.0 cm³/mol. The van der Waals surface area contributed by atoms with E-state index in [0.717, 1.165) is 12.1 Å². The molecule has 114 valence electrons. The van der Waals surface area contributed by atoms with Crippen LogP contribution in [0.15, 0.2) is 17.0 Å². The molecule has 0 amide bonds. The summed E-state index contributed by atoms with van der Waals surface area (Å²) >= 11 is 0. The molecule has 0 bridgehead atoms. The molecule has 0 aromatic heterocycles. The van der Waals surface area contributed by atoms with Crippen molar-refractivity contribution in [2.45, 2.75) is 31.1 Å². The summed E-state index contributed by atoms with van der Waals surface area (Å²) in [6.45, 7) is 0.815. The molecule has 0 radical (unpaired) electrons. The number of nitrogens with one attached hydrogen (secondary N) is 1. The number of halogens is 5. The van der Waals surface area contributed by atoms with Crippen LogP contribution in [0.1, 0.15) is 11.1 Å². The molecule has 20 heavy (non-hydrogen) atoms. The number of alkyl halides is 4. The van der Waals surface area contributed by atoms with E-state index in [-0.39, 0.29) is 11.1 Å². The number of rotatable bonds is 5. The van der Waals surface area contributed by atoms with Gasteiger partial charge in [0.2, 0.25) is 10.0 Å². The van der Waals surface area contributed by atoms with Gasteiger partial charge < -0.3 is 0 Å². The summed E-state index contributed by atoms with van der Waals surface area (Å²) in [6.07, 6.45) is -3.99. The third-order valence-corrected chi connectivity index (χ3v) is 4.22. The zero-order valence-corrected chi connectivity index (χ0v) is 11.4. The Balaban J connectivity index is 3.08. The van der Waals surface area contributed by atoms with Crippen molar-refractivity contribution in [2.75, 3.05) is 6.54 Å². The second-order valence-corrected chi connectivity index (χ2v) is 5.96. The fourth-order valence-electron chi connectivity index (χ4n) is 1.66. The van der Waals surface area contributed by atoms with Gasteiger partial charge >= 0.3 is 12.3 Å². The average Bonchev–Trinajstić information content (AvgIpc) is 2.24. The Hall–Kier alpha value is -1.22. The molecule has 1 rings (SSSR count). The Morgan fingerprint density at radius 2 is 1.65 bits per heavy atom. The zero-order chi connectivity index (χ0) is 15.7. The fraction of sp³-hybridized carbons (Fsp3) is 0.455. The summed E-state index contributed by atoms with van der Waals surface area (Å²) in [4.78, 5) is -0.399. The molecule has 9 heteroatoms. The van der Waals surface area contributed by atoms with Gasteiger partial charge in [-0.1, -0.05) is 0 Å². The highest BCUT2D eigenvalue weighted by molar-refractivity contribution is 7.89. The maximum Gasteiger partial charge on any atom is 0.320 e. The quantitative estimate of drug-likeness (QED) is 0.849. The van der Waals surface area contributed by atoms with Crippen molar-refractivity contribution in [3.05, 3.63) is 29.1 Å². The van der Waals surface area contributed by atoms with E-state index in [1.54, 1.807) is 0 Å². The first-order valence-electron chi connectivity index (χ1n) is 5.40. The Bertz CT molecular complexity index is 578. The van der Waals surface area contributed by atoms with Crippen molar-refractivity contribution in [2.24, 2.45) is 0 Å². The van der Waals surface area contributed by atoms with Crippen LogP contribution >= 0.6 is 0 Å². The SMILES string of the molecule is Cc1cc(F)cc(C)c1S(=O)(=O)NCC(F)(F)C(F)F. The lowest BCUT2D eigenvalue weighted by molar-refractivity contribution is -0.122. The molecule has 1 N–H and O–H groups in total. The molecular weight excluding hydrogens is 305 g/mol. The van der Waals surface area contributed by atoms with Crippen LogP contribution in [0.3, 0.4) is 0 Å². The normalized spacial score (nSPS) is 13.0. The van der Waals surface area contributed by atoms with E-state index < -0.39 is 39.6 Å². The van der Waals surface area contributed by atoms with Gasteiger partial charge in [0.15, 0.2) is 0 Å². The van der Waals surface area contributed by atoms with Crippen molar-refractivity contribution in [3.63, 3.8) is 0 Å². The summed E-state index contributed by atoms with van der Waals surface area (Å²) in [7, 11) is -4.44. The molecule has 0 aliphatic carbocycles. The summed E-state index contributed by atoms with van der Waals surface area (Å²) in [5.41, 5.74) is -0.00859. The van der Waals surface area contributed by atoms with Gasteiger partial charge in [-0.3, -0.25) is 0 Å². The first-order chi connectivity index (χ1) is 8.97. The van der Waals surface area contributed by atoms with Gasteiger partial charge in [0, 0.05) is 0 Å². The molecule has 0 unspecified atom stereocenters. The Labute approximate surface area is 112 Å². The van der Waals surface area contributed by atoms with Gasteiger partial charge in [-0.05, 0) is 37.1 Å². The largest absolute Gasteiger partial charge is 0.320 e. The first kappa shape index (κ1) is 16.8. The molecular formula is C11H12F5NO2S. The number of hydrogen-bond donors (Lipinski definition) is 1. The third kappa shape index (κ3) is 3.66. The molecule has 0 aliphatic heterocycles. The van der Waals surface area contributed by atoms with Gasteiger partial charge in [-0.25, -0.2) is 26.3 Å². The smallest absolute Gasteiger partial charge is 0.207 e. The monoisotopic (exact) mass is 317 g/mol. The van der Waals surface area contributed by atoms with Crippen LogP contribution < -0.4 is 4.72 Å². The second kappa shape index (κ2) is 5.65. The van der Waals surface area contributed by atoms with E-state index in [2.05, 4.69) is 0 Å². The van der Waals surface area contributed by atoms with Gasteiger partial charge in [0.1, 0.15) is 5.82 Å². The lowest BCUT2D eigenvalue weighted by Gasteiger charge is -2.17. The summed E-state index contributed by atoms with van der Waals surface area (Å²) in [5.74, 6) is -5.16. The summed E-state index contributed by atoms with van der Waals surface area (Å²) in [5, 5.41) is 0. The predicted octanol–water partition coefficient (Wildman–Crippen LogP) is 2.62. The Morgan fingerprint density at radius 1 is 1.20 bits per heavy atom. The van der Waals surface area contributed by atoms with Crippen molar-refractivity contribution >= 4 is 10.0 Å². The van der Waals surface area contributed by atoms with Gasteiger partial charge in [-0.15, -0.1) is 0 Å². The van der Waals surface area contributed by atoms with Crippen molar-refractivity contribution in [3.8, 4) is 0 Å². The minimum Gasteiger partial charge on any atom is -0.207 e. The highest BCUT2D eigenvalue weighted by Gasteiger charge is 2.41. The molecule has 0 atom stereocenters.